The van der Waals surface area contributed by atoms with Crippen molar-refractivity contribution in [1.82, 2.24) is 4.90 Å². The number of benzene rings is 3. The van der Waals surface area contributed by atoms with Crippen LogP contribution in [0.4, 0.5) is 15.8 Å². The molecule has 0 aromatic heterocycles. The van der Waals surface area contributed by atoms with Crippen molar-refractivity contribution in [3.05, 3.63) is 94.8 Å². The van der Waals surface area contributed by atoms with Crippen LogP contribution in [0, 0.1) is 5.82 Å². The van der Waals surface area contributed by atoms with Crippen molar-refractivity contribution in [3.8, 4) is 0 Å². The highest BCUT2D eigenvalue weighted by atomic mass is 19.1. The molecule has 0 unspecified atom stereocenters. The Morgan fingerprint density at radius 2 is 1.42 bits per heavy atom. The van der Waals surface area contributed by atoms with Crippen molar-refractivity contribution in [2.75, 3.05) is 42.9 Å². The molecule has 1 amide bonds. The summed E-state index contributed by atoms with van der Waals surface area (Å²) < 4.78 is 14.0. The molecule has 0 bridgehead atoms. The van der Waals surface area contributed by atoms with Crippen molar-refractivity contribution in [2.45, 2.75) is 0 Å². The Labute approximate surface area is 190 Å². The molecular weight excluding hydrogens is 421 g/mol. The number of anilines is 2. The largest absolute Gasteiger partial charge is 0.367 e. The van der Waals surface area contributed by atoms with Gasteiger partial charge < -0.3 is 10.2 Å². The van der Waals surface area contributed by atoms with Crippen molar-refractivity contribution in [3.63, 3.8) is 0 Å². The summed E-state index contributed by atoms with van der Waals surface area (Å²) in [5.74, 6) is -1.00. The molecule has 0 saturated carbocycles. The zero-order valence-corrected chi connectivity index (χ0v) is 17.9. The summed E-state index contributed by atoms with van der Waals surface area (Å²) in [6.07, 6.45) is 0. The lowest BCUT2D eigenvalue weighted by atomic mass is 9.83. The number of ketones is 2. The second-order valence-corrected chi connectivity index (χ2v) is 8.19. The first-order valence-electron chi connectivity index (χ1n) is 10.9. The topological polar surface area (TPSA) is 69.7 Å². The van der Waals surface area contributed by atoms with Gasteiger partial charge in [-0.05, 0) is 18.2 Å². The van der Waals surface area contributed by atoms with Gasteiger partial charge in [0.05, 0.1) is 23.5 Å². The van der Waals surface area contributed by atoms with Crippen LogP contribution in [0.2, 0.25) is 0 Å². The molecule has 1 N–H and O–H groups in total. The van der Waals surface area contributed by atoms with Gasteiger partial charge in [-0.15, -0.1) is 0 Å². The van der Waals surface area contributed by atoms with Gasteiger partial charge in [0.1, 0.15) is 5.82 Å². The molecule has 0 atom stereocenters. The zero-order chi connectivity index (χ0) is 22.9. The molecule has 0 spiro atoms. The molecule has 33 heavy (non-hydrogen) atoms. The summed E-state index contributed by atoms with van der Waals surface area (Å²) in [6, 6.07) is 18.3. The Bertz CT molecular complexity index is 1270. The summed E-state index contributed by atoms with van der Waals surface area (Å²) in [6.45, 7) is 2.59. The van der Waals surface area contributed by atoms with E-state index in [9.17, 15) is 18.8 Å². The van der Waals surface area contributed by atoms with E-state index in [2.05, 4.69) is 5.32 Å². The molecule has 1 fully saturated rings. The predicted molar refractivity (Wildman–Crippen MR) is 123 cm³/mol. The predicted octanol–water partition coefficient (Wildman–Crippen LogP) is 3.36. The van der Waals surface area contributed by atoms with Crippen LogP contribution < -0.4 is 10.2 Å². The minimum Gasteiger partial charge on any atom is -0.367 e. The maximum Gasteiger partial charge on any atom is 0.238 e. The molecule has 0 radical (unpaired) electrons. The van der Waals surface area contributed by atoms with Crippen LogP contribution in [0.5, 0.6) is 0 Å². The fourth-order valence-electron chi connectivity index (χ4n) is 4.50. The third-order valence-corrected chi connectivity index (χ3v) is 6.16. The lowest BCUT2D eigenvalue weighted by Crippen LogP contribution is -2.49. The number of rotatable bonds is 4. The molecule has 2 aliphatic rings. The van der Waals surface area contributed by atoms with Crippen LogP contribution in [0.3, 0.4) is 0 Å². The molecule has 1 heterocycles. The number of piperazine rings is 1. The average molecular weight is 443 g/mol. The number of halogens is 1. The van der Waals surface area contributed by atoms with Gasteiger partial charge >= 0.3 is 0 Å². The van der Waals surface area contributed by atoms with Gasteiger partial charge in [0.15, 0.2) is 11.6 Å². The number of fused-ring (bicyclic) bond motifs is 2. The molecule has 1 aliphatic carbocycles. The van der Waals surface area contributed by atoms with E-state index < -0.39 is 0 Å². The highest BCUT2D eigenvalue weighted by Crippen LogP contribution is 2.32. The second-order valence-electron chi connectivity index (χ2n) is 8.19. The Morgan fingerprint density at radius 3 is 2.15 bits per heavy atom. The number of amides is 1. The first-order chi connectivity index (χ1) is 16.0. The van der Waals surface area contributed by atoms with Crippen LogP contribution in [-0.2, 0) is 4.79 Å². The lowest BCUT2D eigenvalue weighted by Gasteiger charge is -2.35. The molecule has 7 heteroatoms. The minimum absolute atomic E-state index is 0.146. The summed E-state index contributed by atoms with van der Waals surface area (Å²) in [7, 11) is 0. The van der Waals surface area contributed by atoms with Crippen LogP contribution in [0.25, 0.3) is 0 Å². The van der Waals surface area contributed by atoms with Crippen LogP contribution in [-0.4, -0.2) is 55.1 Å². The zero-order valence-electron chi connectivity index (χ0n) is 17.9. The Hall–Kier alpha value is -3.84. The Kier molecular flexibility index (Phi) is 5.48. The molecule has 3 aromatic rings. The maximum absolute atomic E-state index is 14.0. The summed E-state index contributed by atoms with van der Waals surface area (Å²) in [5, 5.41) is 2.82. The third kappa shape index (κ3) is 3.91. The van der Waals surface area contributed by atoms with Gasteiger partial charge in [-0.3, -0.25) is 19.3 Å². The molecule has 5 rings (SSSR count). The summed E-state index contributed by atoms with van der Waals surface area (Å²) in [4.78, 5) is 42.7. The van der Waals surface area contributed by atoms with E-state index >= 15 is 0 Å². The number of hydrogen-bond acceptors (Lipinski definition) is 5. The van der Waals surface area contributed by atoms with Crippen molar-refractivity contribution < 1.29 is 18.8 Å². The number of para-hydroxylation sites is 1. The number of carbonyl (C=O) groups excluding carboxylic acids is 3. The van der Waals surface area contributed by atoms with Gasteiger partial charge in [-0.2, -0.15) is 0 Å². The normalized spacial score (nSPS) is 15.7. The van der Waals surface area contributed by atoms with E-state index in [-0.39, 0.29) is 35.4 Å². The Balaban J connectivity index is 1.27. The van der Waals surface area contributed by atoms with E-state index in [0.29, 0.717) is 54.2 Å². The van der Waals surface area contributed by atoms with Crippen LogP contribution in [0.1, 0.15) is 31.8 Å². The lowest BCUT2D eigenvalue weighted by molar-refractivity contribution is -0.117. The first-order valence-corrected chi connectivity index (χ1v) is 10.9. The third-order valence-electron chi connectivity index (χ3n) is 6.16. The summed E-state index contributed by atoms with van der Waals surface area (Å²) >= 11 is 0. The fourth-order valence-corrected chi connectivity index (χ4v) is 4.50. The maximum atomic E-state index is 14.0. The van der Waals surface area contributed by atoms with Crippen molar-refractivity contribution >= 4 is 28.8 Å². The summed E-state index contributed by atoms with van der Waals surface area (Å²) in [5.41, 5.74) is 2.18. The second kappa shape index (κ2) is 8.60. The van der Waals surface area contributed by atoms with Gasteiger partial charge in [0, 0.05) is 42.9 Å². The SMILES string of the molecule is O=C(CN1CCN(c2ccccc2F)CC1)Nc1cccc2c1C(=O)c1ccccc1C2=O. The van der Waals surface area contributed by atoms with Gasteiger partial charge in [0.25, 0.3) is 0 Å². The fraction of sp³-hybridized carbons (Fsp3) is 0.192. The monoisotopic (exact) mass is 443 g/mol. The van der Waals surface area contributed by atoms with E-state index in [1.54, 1.807) is 54.6 Å². The van der Waals surface area contributed by atoms with E-state index in [4.69, 9.17) is 0 Å². The Morgan fingerprint density at radius 1 is 0.788 bits per heavy atom. The number of carbonyl (C=O) groups is 3. The minimum atomic E-state index is -0.269. The molecule has 1 saturated heterocycles. The highest BCUT2D eigenvalue weighted by Gasteiger charge is 2.32. The number of nitrogens with zero attached hydrogens (tertiary/aromatic N) is 2. The quantitative estimate of drug-likeness (QED) is 0.524. The molecule has 3 aromatic carbocycles. The van der Waals surface area contributed by atoms with Crippen molar-refractivity contribution in [1.29, 1.82) is 0 Å². The van der Waals surface area contributed by atoms with E-state index in [1.807, 2.05) is 15.9 Å². The van der Waals surface area contributed by atoms with Gasteiger partial charge in [0.2, 0.25) is 5.91 Å². The molecule has 1 aliphatic heterocycles. The van der Waals surface area contributed by atoms with E-state index in [0.717, 1.165) is 0 Å². The number of hydrogen-bond donors (Lipinski definition) is 1. The standard InChI is InChI=1S/C26H22FN3O3/c27-20-9-3-4-11-22(20)30-14-12-29(13-15-30)16-23(31)28-21-10-5-8-19-24(21)26(33)18-7-2-1-6-17(18)25(19)32/h1-11H,12-16H2,(H,28,31). The van der Waals surface area contributed by atoms with Gasteiger partial charge in [-0.1, -0.05) is 48.5 Å². The highest BCUT2D eigenvalue weighted by molar-refractivity contribution is 6.30. The smallest absolute Gasteiger partial charge is 0.238 e. The van der Waals surface area contributed by atoms with Gasteiger partial charge in [-0.25, -0.2) is 4.39 Å². The van der Waals surface area contributed by atoms with Crippen molar-refractivity contribution in [2.24, 2.45) is 0 Å². The van der Waals surface area contributed by atoms with Crippen LogP contribution in [0.15, 0.2) is 66.7 Å². The molecule has 166 valence electrons. The first kappa shape index (κ1) is 21.0. The molecular formula is C26H22FN3O3. The van der Waals surface area contributed by atoms with E-state index in [1.165, 1.54) is 6.07 Å². The number of nitrogens with one attached hydrogen (secondary N) is 1. The van der Waals surface area contributed by atoms with Crippen LogP contribution >= 0.6 is 0 Å². The average Bonchev–Trinajstić information content (AvgIpc) is 2.83. The molecule has 6 nitrogen and oxygen atoms in total.